The van der Waals surface area contributed by atoms with E-state index < -0.39 is 22.0 Å². The van der Waals surface area contributed by atoms with Gasteiger partial charge in [0.25, 0.3) is 5.91 Å². The molecular formula is C16H22N4O4S2. The number of carbonyl (C=O) groups excluding carboxylic acids is 1. The molecule has 1 N–H and O–H groups in total. The highest BCUT2D eigenvalue weighted by molar-refractivity contribution is 7.89. The Morgan fingerprint density at radius 2 is 2.15 bits per heavy atom. The minimum atomic E-state index is -3.44. The van der Waals surface area contributed by atoms with Crippen molar-refractivity contribution in [1.29, 1.82) is 0 Å². The molecule has 0 unspecified atom stereocenters. The first-order chi connectivity index (χ1) is 12.2. The number of hydrogen-bond donors (Lipinski definition) is 1. The quantitative estimate of drug-likeness (QED) is 0.790. The van der Waals surface area contributed by atoms with Gasteiger partial charge >= 0.3 is 0 Å². The van der Waals surface area contributed by atoms with Gasteiger partial charge in [0, 0.05) is 40.2 Å². The van der Waals surface area contributed by atoms with Crippen LogP contribution in [0.4, 0.5) is 0 Å². The number of thiophene rings is 1. The molecule has 0 aromatic carbocycles. The summed E-state index contributed by atoms with van der Waals surface area (Å²) < 4.78 is 26.8. The zero-order chi connectivity index (χ0) is 19.1. The SMILES string of the molecule is CN(C)S(=O)(=O)C[C@@H]1CN(C(=O)c2cc(-c3cccs3)nn2C)C[C@H]1O. The van der Waals surface area contributed by atoms with Crippen LogP contribution in [0.15, 0.2) is 23.6 Å². The van der Waals surface area contributed by atoms with E-state index in [4.69, 9.17) is 0 Å². The Kier molecular flexibility index (Phi) is 5.20. The molecule has 2 aromatic heterocycles. The van der Waals surface area contributed by atoms with Crippen LogP contribution in [0.1, 0.15) is 10.5 Å². The number of β-amino-alcohol motifs (C(OH)–C–C–N with tert-alkyl or cyclic N) is 1. The van der Waals surface area contributed by atoms with Crippen LogP contribution in [-0.4, -0.2) is 77.5 Å². The van der Waals surface area contributed by atoms with Crippen molar-refractivity contribution in [3.05, 3.63) is 29.3 Å². The van der Waals surface area contributed by atoms with Crippen molar-refractivity contribution in [1.82, 2.24) is 19.0 Å². The highest BCUT2D eigenvalue weighted by Crippen LogP contribution is 2.26. The third kappa shape index (κ3) is 3.68. The number of aliphatic hydroxyl groups excluding tert-OH is 1. The first-order valence-electron chi connectivity index (χ1n) is 8.14. The lowest BCUT2D eigenvalue weighted by atomic mass is 10.1. The molecular weight excluding hydrogens is 376 g/mol. The van der Waals surface area contributed by atoms with Crippen molar-refractivity contribution in [2.24, 2.45) is 13.0 Å². The predicted octanol–water partition coefficient (Wildman–Crippen LogP) is 0.473. The summed E-state index contributed by atoms with van der Waals surface area (Å²) >= 11 is 1.54. The van der Waals surface area contributed by atoms with E-state index in [9.17, 15) is 18.3 Å². The molecule has 26 heavy (non-hydrogen) atoms. The lowest BCUT2D eigenvalue weighted by molar-refractivity contribution is 0.0754. The fourth-order valence-electron chi connectivity index (χ4n) is 2.98. The number of rotatable bonds is 5. The molecule has 0 spiro atoms. The molecule has 3 heterocycles. The normalized spacial score (nSPS) is 20.9. The van der Waals surface area contributed by atoms with Gasteiger partial charge < -0.3 is 10.0 Å². The Morgan fingerprint density at radius 3 is 2.77 bits per heavy atom. The van der Waals surface area contributed by atoms with E-state index in [0.717, 1.165) is 14.9 Å². The maximum atomic E-state index is 12.8. The second-order valence-electron chi connectivity index (χ2n) is 6.61. The van der Waals surface area contributed by atoms with E-state index in [-0.39, 0.29) is 24.7 Å². The lowest BCUT2D eigenvalue weighted by Gasteiger charge is -2.18. The maximum absolute atomic E-state index is 12.8. The molecule has 0 aliphatic carbocycles. The van der Waals surface area contributed by atoms with Crippen LogP contribution in [0.3, 0.4) is 0 Å². The molecule has 0 saturated carbocycles. The average Bonchev–Trinajstić information content (AvgIpc) is 3.27. The Morgan fingerprint density at radius 1 is 1.42 bits per heavy atom. The molecule has 1 aliphatic rings. The topological polar surface area (TPSA) is 95.7 Å². The van der Waals surface area contributed by atoms with Gasteiger partial charge in [0.1, 0.15) is 11.4 Å². The van der Waals surface area contributed by atoms with E-state index >= 15 is 0 Å². The second kappa shape index (κ2) is 7.10. The average molecular weight is 399 g/mol. The molecule has 1 fully saturated rings. The zero-order valence-electron chi connectivity index (χ0n) is 14.9. The molecule has 142 valence electrons. The van der Waals surface area contributed by atoms with Crippen molar-refractivity contribution in [2.75, 3.05) is 32.9 Å². The number of carbonyl (C=O) groups is 1. The number of nitrogens with zero attached hydrogens (tertiary/aromatic N) is 4. The minimum absolute atomic E-state index is 0.117. The number of aryl methyl sites for hydroxylation is 1. The highest BCUT2D eigenvalue weighted by Gasteiger charge is 2.38. The van der Waals surface area contributed by atoms with Crippen molar-refractivity contribution in [3.63, 3.8) is 0 Å². The van der Waals surface area contributed by atoms with Gasteiger partial charge in [-0.1, -0.05) is 6.07 Å². The summed E-state index contributed by atoms with van der Waals surface area (Å²) in [6.45, 7) is 0.318. The van der Waals surface area contributed by atoms with Gasteiger partial charge in [0.05, 0.1) is 16.7 Å². The van der Waals surface area contributed by atoms with Gasteiger partial charge in [-0.3, -0.25) is 9.48 Å². The monoisotopic (exact) mass is 398 g/mol. The van der Waals surface area contributed by atoms with Gasteiger partial charge in [-0.15, -0.1) is 11.3 Å². The molecule has 1 aliphatic heterocycles. The highest BCUT2D eigenvalue weighted by atomic mass is 32.2. The summed E-state index contributed by atoms with van der Waals surface area (Å²) in [5.41, 5.74) is 1.13. The standard InChI is InChI=1S/C16H22N4O4S2/c1-18(2)26(23,24)10-11-8-20(9-14(11)21)16(22)13-7-12(17-19(13)3)15-5-4-6-25-15/h4-7,11,14,21H,8-10H2,1-3H3/t11-,14+/m0/s1. The van der Waals surface area contributed by atoms with Crippen LogP contribution in [0.25, 0.3) is 10.6 Å². The summed E-state index contributed by atoms with van der Waals surface area (Å²) in [4.78, 5) is 15.3. The van der Waals surface area contributed by atoms with Crippen LogP contribution >= 0.6 is 11.3 Å². The first-order valence-corrected chi connectivity index (χ1v) is 10.6. The number of hydrogen-bond acceptors (Lipinski definition) is 6. The smallest absolute Gasteiger partial charge is 0.272 e. The fourth-order valence-corrected chi connectivity index (χ4v) is 4.83. The Bertz CT molecular complexity index is 890. The Hall–Kier alpha value is -1.75. The van der Waals surface area contributed by atoms with Crippen molar-refractivity contribution < 1.29 is 18.3 Å². The zero-order valence-corrected chi connectivity index (χ0v) is 16.5. The third-order valence-electron chi connectivity index (χ3n) is 4.55. The van der Waals surface area contributed by atoms with Gasteiger partial charge in [-0.2, -0.15) is 5.10 Å². The van der Waals surface area contributed by atoms with Crippen LogP contribution in [0.5, 0.6) is 0 Å². The molecule has 1 saturated heterocycles. The van der Waals surface area contributed by atoms with Crippen molar-refractivity contribution in [3.8, 4) is 10.6 Å². The lowest BCUT2D eigenvalue weighted by Crippen LogP contribution is -2.34. The summed E-state index contributed by atoms with van der Waals surface area (Å²) in [5, 5.41) is 16.6. The third-order valence-corrected chi connectivity index (χ3v) is 7.40. The first kappa shape index (κ1) is 19.0. The van der Waals surface area contributed by atoms with Crippen LogP contribution < -0.4 is 0 Å². The second-order valence-corrected chi connectivity index (χ2v) is 9.79. The van der Waals surface area contributed by atoms with E-state index in [1.54, 1.807) is 13.1 Å². The van der Waals surface area contributed by atoms with Gasteiger partial charge in [0.2, 0.25) is 10.0 Å². The number of aliphatic hydroxyl groups is 1. The maximum Gasteiger partial charge on any atom is 0.272 e. The van der Waals surface area contributed by atoms with E-state index in [1.165, 1.54) is 35.0 Å². The number of likely N-dealkylation sites (tertiary alicyclic amines) is 1. The molecule has 3 rings (SSSR count). The fraction of sp³-hybridized carbons (Fsp3) is 0.500. The predicted molar refractivity (Wildman–Crippen MR) is 99.4 cm³/mol. The molecule has 0 radical (unpaired) electrons. The van der Waals surface area contributed by atoms with Gasteiger partial charge in [-0.05, 0) is 17.5 Å². The molecule has 2 atom stereocenters. The van der Waals surface area contributed by atoms with E-state index in [0.29, 0.717) is 5.69 Å². The van der Waals surface area contributed by atoms with Gasteiger partial charge in [-0.25, -0.2) is 12.7 Å². The molecule has 2 aromatic rings. The van der Waals surface area contributed by atoms with Crippen molar-refractivity contribution >= 4 is 27.3 Å². The van der Waals surface area contributed by atoms with Crippen LogP contribution in [0, 0.1) is 5.92 Å². The number of aromatic nitrogens is 2. The summed E-state index contributed by atoms with van der Waals surface area (Å²) in [6.07, 6.45) is -0.862. The number of sulfonamides is 1. The molecule has 10 heteroatoms. The number of amides is 1. The van der Waals surface area contributed by atoms with Gasteiger partial charge in [0.15, 0.2) is 0 Å². The molecule has 0 bridgehead atoms. The van der Waals surface area contributed by atoms with Crippen molar-refractivity contribution in [2.45, 2.75) is 6.10 Å². The Balaban J connectivity index is 1.75. The van der Waals surface area contributed by atoms with Crippen LogP contribution in [0.2, 0.25) is 0 Å². The molecule has 8 nitrogen and oxygen atoms in total. The van der Waals surface area contributed by atoms with E-state index in [1.807, 2.05) is 17.5 Å². The van der Waals surface area contributed by atoms with Crippen LogP contribution in [-0.2, 0) is 17.1 Å². The largest absolute Gasteiger partial charge is 0.391 e. The minimum Gasteiger partial charge on any atom is -0.391 e. The summed E-state index contributed by atoms with van der Waals surface area (Å²) in [7, 11) is 1.18. The Labute approximate surface area is 156 Å². The summed E-state index contributed by atoms with van der Waals surface area (Å²) in [6, 6.07) is 5.58. The summed E-state index contributed by atoms with van der Waals surface area (Å²) in [5.74, 6) is -0.945. The van der Waals surface area contributed by atoms with E-state index in [2.05, 4.69) is 5.10 Å². The molecule has 1 amide bonds.